The third-order valence-corrected chi connectivity index (χ3v) is 3.59. The summed E-state index contributed by atoms with van der Waals surface area (Å²) in [6, 6.07) is -1.42. The Hall–Kier alpha value is -2.22. The Balaban J connectivity index is 2.76. The lowest BCUT2D eigenvalue weighted by atomic mass is 10.0. The zero-order valence-electron chi connectivity index (χ0n) is 14.5. The minimum Gasteiger partial charge on any atom is -0.480 e. The number of hydrogen-bond acceptors (Lipinski definition) is 5. The lowest BCUT2D eigenvalue weighted by molar-refractivity contribution is -0.140. The van der Waals surface area contributed by atoms with Gasteiger partial charge in [-0.15, -0.1) is 0 Å². The molecule has 4 N–H and O–H groups in total. The van der Waals surface area contributed by atoms with Crippen molar-refractivity contribution in [1.29, 1.82) is 0 Å². The number of carbonyl (C=O) groups is 2. The number of amides is 1. The Labute approximate surface area is 141 Å². The Morgan fingerprint density at radius 1 is 1.33 bits per heavy atom. The summed E-state index contributed by atoms with van der Waals surface area (Å²) in [6.07, 6.45) is 2.29. The van der Waals surface area contributed by atoms with E-state index in [9.17, 15) is 14.4 Å². The van der Waals surface area contributed by atoms with E-state index < -0.39 is 18.1 Å². The molecular formula is C16H26N4O4. The van der Waals surface area contributed by atoms with E-state index in [0.717, 1.165) is 0 Å². The van der Waals surface area contributed by atoms with E-state index in [1.165, 1.54) is 6.20 Å². The SMILES string of the molecule is CCC(NC(CC(C)C)C(=O)NCc1cnc(C)[nH]c1=O)C(=O)O. The Morgan fingerprint density at radius 3 is 2.50 bits per heavy atom. The van der Waals surface area contributed by atoms with Gasteiger partial charge in [0.1, 0.15) is 11.9 Å². The Kier molecular flexibility index (Phi) is 7.57. The molecule has 2 atom stereocenters. The molecule has 0 fully saturated rings. The molecule has 1 rings (SSSR count). The predicted octanol–water partition coefficient (Wildman–Crippen LogP) is 0.562. The molecule has 134 valence electrons. The van der Waals surface area contributed by atoms with Gasteiger partial charge >= 0.3 is 5.97 Å². The lowest BCUT2D eigenvalue weighted by Crippen LogP contribution is -2.51. The van der Waals surface area contributed by atoms with Gasteiger partial charge in [-0.25, -0.2) is 4.98 Å². The molecule has 0 spiro atoms. The number of H-pyrrole nitrogens is 1. The summed E-state index contributed by atoms with van der Waals surface area (Å²) in [6.45, 7) is 7.37. The van der Waals surface area contributed by atoms with E-state index in [1.54, 1.807) is 13.8 Å². The minimum absolute atomic E-state index is 0.0432. The predicted molar refractivity (Wildman–Crippen MR) is 89.5 cm³/mol. The highest BCUT2D eigenvalue weighted by Crippen LogP contribution is 2.07. The summed E-state index contributed by atoms with van der Waals surface area (Å²) in [5.74, 6) is -0.604. The molecule has 8 heteroatoms. The van der Waals surface area contributed by atoms with Crippen molar-refractivity contribution in [3.8, 4) is 0 Å². The average Bonchev–Trinajstić information content (AvgIpc) is 2.49. The summed E-state index contributed by atoms with van der Waals surface area (Å²) in [7, 11) is 0. The van der Waals surface area contributed by atoms with Gasteiger partial charge in [0.2, 0.25) is 5.91 Å². The summed E-state index contributed by atoms with van der Waals surface area (Å²) >= 11 is 0. The van der Waals surface area contributed by atoms with Crippen molar-refractivity contribution in [1.82, 2.24) is 20.6 Å². The van der Waals surface area contributed by atoms with Crippen LogP contribution in [0.4, 0.5) is 0 Å². The first-order chi connectivity index (χ1) is 11.2. The second-order valence-corrected chi connectivity index (χ2v) is 6.19. The van der Waals surface area contributed by atoms with E-state index in [0.29, 0.717) is 24.2 Å². The highest BCUT2D eigenvalue weighted by atomic mass is 16.4. The fraction of sp³-hybridized carbons (Fsp3) is 0.625. The molecule has 0 saturated heterocycles. The quantitative estimate of drug-likeness (QED) is 0.521. The number of aliphatic carboxylic acids is 1. The van der Waals surface area contributed by atoms with Crippen molar-refractivity contribution >= 4 is 11.9 Å². The molecule has 24 heavy (non-hydrogen) atoms. The Morgan fingerprint density at radius 2 is 2.00 bits per heavy atom. The van der Waals surface area contributed by atoms with Crippen molar-refractivity contribution in [3.63, 3.8) is 0 Å². The number of aromatic nitrogens is 2. The number of nitrogens with one attached hydrogen (secondary N) is 3. The molecule has 0 aliphatic heterocycles. The van der Waals surface area contributed by atoms with Gasteiger partial charge in [0.15, 0.2) is 0 Å². The molecule has 1 aromatic heterocycles. The molecule has 0 radical (unpaired) electrons. The van der Waals surface area contributed by atoms with Crippen LogP contribution in [0, 0.1) is 12.8 Å². The molecule has 1 heterocycles. The van der Waals surface area contributed by atoms with Gasteiger partial charge in [0.25, 0.3) is 5.56 Å². The standard InChI is InChI=1S/C16H26N4O4/c1-5-12(16(23)24)20-13(6-9(2)3)15(22)18-8-11-7-17-10(4)19-14(11)21/h7,9,12-13,20H,5-6,8H2,1-4H3,(H,18,22)(H,23,24)(H,17,19,21). The van der Waals surface area contributed by atoms with Crippen LogP contribution < -0.4 is 16.2 Å². The van der Waals surface area contributed by atoms with Crippen molar-refractivity contribution in [2.75, 3.05) is 0 Å². The monoisotopic (exact) mass is 338 g/mol. The minimum atomic E-state index is -0.988. The number of rotatable bonds is 9. The number of hydrogen-bond donors (Lipinski definition) is 4. The second kappa shape index (κ2) is 9.17. The maximum absolute atomic E-state index is 12.4. The van der Waals surface area contributed by atoms with Crippen LogP contribution in [-0.2, 0) is 16.1 Å². The van der Waals surface area contributed by atoms with E-state index >= 15 is 0 Å². The van der Waals surface area contributed by atoms with Crippen molar-refractivity contribution in [2.45, 2.75) is 59.2 Å². The second-order valence-electron chi connectivity index (χ2n) is 6.19. The first kappa shape index (κ1) is 19.8. The first-order valence-corrected chi connectivity index (χ1v) is 8.05. The van der Waals surface area contributed by atoms with Crippen LogP contribution in [0.25, 0.3) is 0 Å². The van der Waals surface area contributed by atoms with Gasteiger partial charge in [-0.3, -0.25) is 19.7 Å². The van der Waals surface area contributed by atoms with Gasteiger partial charge in [0, 0.05) is 12.7 Å². The van der Waals surface area contributed by atoms with Gasteiger partial charge in [-0.05, 0) is 25.7 Å². The maximum Gasteiger partial charge on any atom is 0.320 e. The molecule has 0 bridgehead atoms. The normalized spacial score (nSPS) is 13.5. The fourth-order valence-electron chi connectivity index (χ4n) is 2.27. The van der Waals surface area contributed by atoms with Crippen LogP contribution in [-0.4, -0.2) is 39.0 Å². The van der Waals surface area contributed by atoms with Crippen LogP contribution in [0.5, 0.6) is 0 Å². The molecule has 2 unspecified atom stereocenters. The highest BCUT2D eigenvalue weighted by Gasteiger charge is 2.25. The van der Waals surface area contributed by atoms with Crippen LogP contribution in [0.2, 0.25) is 0 Å². The van der Waals surface area contributed by atoms with Gasteiger partial charge in [-0.1, -0.05) is 20.8 Å². The van der Waals surface area contributed by atoms with Crippen LogP contribution >= 0.6 is 0 Å². The molecule has 0 aromatic carbocycles. The van der Waals surface area contributed by atoms with Crippen molar-refractivity contribution in [2.24, 2.45) is 5.92 Å². The number of carboxylic acids is 1. The number of aryl methyl sites for hydroxylation is 1. The lowest BCUT2D eigenvalue weighted by Gasteiger charge is -2.23. The van der Waals surface area contributed by atoms with Crippen LogP contribution in [0.3, 0.4) is 0 Å². The number of carboxylic acid groups (broad SMARTS) is 1. The van der Waals surface area contributed by atoms with Gasteiger partial charge in [-0.2, -0.15) is 0 Å². The van der Waals surface area contributed by atoms with E-state index in [4.69, 9.17) is 5.11 Å². The van der Waals surface area contributed by atoms with Gasteiger partial charge in [0.05, 0.1) is 11.6 Å². The van der Waals surface area contributed by atoms with Crippen LogP contribution in [0.1, 0.15) is 45.0 Å². The molecule has 0 saturated carbocycles. The first-order valence-electron chi connectivity index (χ1n) is 8.05. The number of carbonyl (C=O) groups excluding carboxylic acids is 1. The van der Waals surface area contributed by atoms with E-state index in [2.05, 4.69) is 20.6 Å². The summed E-state index contributed by atoms with van der Waals surface area (Å²) in [4.78, 5) is 41.9. The fourth-order valence-corrected chi connectivity index (χ4v) is 2.27. The number of nitrogens with zero attached hydrogens (tertiary/aromatic N) is 1. The van der Waals surface area contributed by atoms with Crippen LogP contribution in [0.15, 0.2) is 11.0 Å². The van der Waals surface area contributed by atoms with E-state index in [-0.39, 0.29) is 23.9 Å². The topological polar surface area (TPSA) is 124 Å². The van der Waals surface area contributed by atoms with E-state index in [1.807, 2.05) is 13.8 Å². The zero-order chi connectivity index (χ0) is 18.3. The molecular weight excluding hydrogens is 312 g/mol. The molecule has 8 nitrogen and oxygen atoms in total. The Bertz CT molecular complexity index is 627. The molecule has 1 amide bonds. The summed E-state index contributed by atoms with van der Waals surface area (Å²) in [5.41, 5.74) is 0.0515. The average molecular weight is 338 g/mol. The van der Waals surface area contributed by atoms with Crippen molar-refractivity contribution < 1.29 is 14.7 Å². The third kappa shape index (κ3) is 6.11. The molecule has 0 aliphatic carbocycles. The van der Waals surface area contributed by atoms with Gasteiger partial charge < -0.3 is 15.4 Å². The molecule has 0 aliphatic rings. The number of aromatic amines is 1. The third-order valence-electron chi connectivity index (χ3n) is 3.59. The maximum atomic E-state index is 12.4. The van der Waals surface area contributed by atoms with Crippen molar-refractivity contribution in [3.05, 3.63) is 27.9 Å². The summed E-state index contributed by atoms with van der Waals surface area (Å²) < 4.78 is 0. The highest BCUT2D eigenvalue weighted by molar-refractivity contribution is 5.83. The summed E-state index contributed by atoms with van der Waals surface area (Å²) in [5, 5.41) is 14.7. The smallest absolute Gasteiger partial charge is 0.320 e. The largest absolute Gasteiger partial charge is 0.480 e. The zero-order valence-corrected chi connectivity index (χ0v) is 14.5. The molecule has 1 aromatic rings.